The Hall–Kier alpha value is -3.84. The molecule has 0 bridgehead atoms. The Bertz CT molecular complexity index is 2150. The summed E-state index contributed by atoms with van der Waals surface area (Å²) in [6, 6.07) is 15.3. The van der Waals surface area contributed by atoms with Crippen LogP contribution in [-0.4, -0.2) is 18.3 Å². The Morgan fingerprint density at radius 3 is 2.49 bits per heavy atom. The Morgan fingerprint density at radius 2 is 1.67 bits per heavy atom. The molecule has 2 atom stereocenters. The van der Waals surface area contributed by atoms with E-state index in [1.807, 2.05) is 11.3 Å². The number of fused-ring (bicyclic) bond motifs is 5. The number of rotatable bonds is 4. The molecular formula is C43H44BNO3S. The second-order valence-electron chi connectivity index (χ2n) is 15.3. The summed E-state index contributed by atoms with van der Waals surface area (Å²) in [5.74, 6) is 2.19. The van der Waals surface area contributed by atoms with E-state index in [9.17, 15) is 0 Å². The van der Waals surface area contributed by atoms with Crippen LogP contribution in [0.3, 0.4) is 0 Å². The van der Waals surface area contributed by atoms with Crippen molar-refractivity contribution in [3.8, 4) is 11.5 Å². The second-order valence-corrected chi connectivity index (χ2v) is 16.3. The molecule has 0 radical (unpaired) electrons. The molecule has 2 aromatic carbocycles. The van der Waals surface area contributed by atoms with Gasteiger partial charge in [0.15, 0.2) is 11.5 Å². The normalized spacial score (nSPS) is 24.5. The topological polar surface area (TPSA) is 30.9 Å². The smallest absolute Gasteiger partial charge is 0.453 e. The van der Waals surface area contributed by atoms with Crippen LogP contribution in [0.1, 0.15) is 88.6 Å². The molecule has 1 unspecified atom stereocenters. The second kappa shape index (κ2) is 11.6. The summed E-state index contributed by atoms with van der Waals surface area (Å²) in [5, 5.41) is 1.48. The van der Waals surface area contributed by atoms with E-state index in [0.29, 0.717) is 0 Å². The zero-order valence-electron chi connectivity index (χ0n) is 29.2. The maximum absolute atomic E-state index is 6.71. The summed E-state index contributed by atoms with van der Waals surface area (Å²) in [6.07, 6.45) is 25.1. The van der Waals surface area contributed by atoms with Crippen LogP contribution in [0, 0.1) is 5.92 Å². The van der Waals surface area contributed by atoms with Crippen molar-refractivity contribution in [2.24, 2.45) is 5.92 Å². The van der Waals surface area contributed by atoms with Gasteiger partial charge in [-0.15, -0.1) is 11.3 Å². The number of thiophene rings is 1. The summed E-state index contributed by atoms with van der Waals surface area (Å²) in [7, 11) is -0.424. The molecule has 0 N–H and O–H groups in total. The van der Waals surface area contributed by atoms with Crippen molar-refractivity contribution in [2.75, 3.05) is 4.90 Å². The number of para-hydroxylation sites is 2. The molecule has 248 valence electrons. The summed E-state index contributed by atoms with van der Waals surface area (Å²) < 4.78 is 21.6. The molecule has 4 aliphatic carbocycles. The number of ether oxygens (including phenoxy) is 1. The minimum absolute atomic E-state index is 0.127. The molecule has 3 aromatic rings. The number of benzene rings is 2. The van der Waals surface area contributed by atoms with Crippen molar-refractivity contribution >= 4 is 47.6 Å². The molecule has 0 saturated carbocycles. The fraction of sp³-hybridized carbons (Fsp3) is 0.349. The zero-order chi connectivity index (χ0) is 33.5. The third-order valence-corrected chi connectivity index (χ3v) is 13.0. The van der Waals surface area contributed by atoms with Gasteiger partial charge < -0.3 is 18.9 Å². The zero-order valence-corrected chi connectivity index (χ0v) is 30.0. The molecule has 1 fully saturated rings. The van der Waals surface area contributed by atoms with Crippen molar-refractivity contribution in [1.29, 1.82) is 0 Å². The van der Waals surface area contributed by atoms with Gasteiger partial charge in [-0.05, 0) is 142 Å². The Labute approximate surface area is 294 Å². The lowest BCUT2D eigenvalue weighted by Gasteiger charge is -2.36. The predicted octanol–water partition coefficient (Wildman–Crippen LogP) is 9.83. The first-order chi connectivity index (χ1) is 23.7. The molecule has 1 aromatic heterocycles. The van der Waals surface area contributed by atoms with Gasteiger partial charge in [-0.25, -0.2) is 0 Å². The van der Waals surface area contributed by atoms with Gasteiger partial charge in [-0.3, -0.25) is 0 Å². The van der Waals surface area contributed by atoms with E-state index in [1.54, 1.807) is 5.56 Å². The van der Waals surface area contributed by atoms with Crippen molar-refractivity contribution in [3.63, 3.8) is 0 Å². The van der Waals surface area contributed by atoms with Gasteiger partial charge in [0.25, 0.3) is 0 Å². The fourth-order valence-corrected chi connectivity index (χ4v) is 9.72. The van der Waals surface area contributed by atoms with Crippen molar-refractivity contribution < 1.29 is 14.0 Å². The lowest BCUT2D eigenvalue weighted by Crippen LogP contribution is -2.41. The van der Waals surface area contributed by atoms with E-state index >= 15 is 0 Å². The standard InChI is InChI=1S/C43H44BNO3S/c1-27-34(28-22-23-37-39(24-28)46-38-20-11-10-19-36(38)45(37)30-14-7-6-8-15-30)25-29(44-47-42(2,3)43(4,5)48-44)26-35(27)33-18-13-17-32-31-16-9-12-21-40(31)49-41(32)33/h6-7,10-12,14,17,19-27,34H,8-9,13,15-16,18H2,1-5H3/t27-,34?/m0/s1. The van der Waals surface area contributed by atoms with E-state index in [2.05, 4.69) is 131 Å². The van der Waals surface area contributed by atoms with Crippen LogP contribution in [-0.2, 0) is 15.7 Å². The first kappa shape index (κ1) is 31.2. The van der Waals surface area contributed by atoms with E-state index in [1.165, 1.54) is 37.0 Å². The van der Waals surface area contributed by atoms with Gasteiger partial charge >= 0.3 is 7.12 Å². The van der Waals surface area contributed by atoms with Gasteiger partial charge in [0.05, 0.1) is 22.6 Å². The molecule has 9 rings (SSSR count). The summed E-state index contributed by atoms with van der Waals surface area (Å²) in [6.45, 7) is 11.0. The van der Waals surface area contributed by atoms with Gasteiger partial charge in [0, 0.05) is 21.0 Å². The molecule has 0 amide bonds. The molecule has 6 heteroatoms. The number of anilines is 2. The minimum Gasteiger partial charge on any atom is -0.453 e. The monoisotopic (exact) mass is 665 g/mol. The molecular weight excluding hydrogens is 621 g/mol. The van der Waals surface area contributed by atoms with Crippen LogP contribution in [0.2, 0.25) is 0 Å². The number of hydrogen-bond donors (Lipinski definition) is 0. The van der Waals surface area contributed by atoms with E-state index in [0.717, 1.165) is 66.9 Å². The molecule has 2 aliphatic heterocycles. The van der Waals surface area contributed by atoms with Gasteiger partial charge in [0.2, 0.25) is 0 Å². The predicted molar refractivity (Wildman–Crippen MR) is 204 cm³/mol. The highest BCUT2D eigenvalue weighted by atomic mass is 32.1. The highest BCUT2D eigenvalue weighted by molar-refractivity contribution is 7.11. The minimum atomic E-state index is -0.424. The molecule has 3 heterocycles. The van der Waals surface area contributed by atoms with Crippen molar-refractivity contribution in [3.05, 3.63) is 121 Å². The van der Waals surface area contributed by atoms with Crippen LogP contribution >= 0.6 is 11.3 Å². The highest BCUT2D eigenvalue weighted by Crippen LogP contribution is 2.52. The van der Waals surface area contributed by atoms with E-state index in [-0.39, 0.29) is 11.8 Å². The Morgan fingerprint density at radius 1 is 0.878 bits per heavy atom. The van der Waals surface area contributed by atoms with E-state index < -0.39 is 18.3 Å². The summed E-state index contributed by atoms with van der Waals surface area (Å²) in [4.78, 5) is 3.83. The average Bonchev–Trinajstić information content (AvgIpc) is 3.59. The third kappa shape index (κ3) is 5.09. The highest BCUT2D eigenvalue weighted by Gasteiger charge is 2.52. The van der Waals surface area contributed by atoms with Crippen LogP contribution < -0.4 is 19.4 Å². The quantitative estimate of drug-likeness (QED) is 0.260. The maximum atomic E-state index is 6.71. The summed E-state index contributed by atoms with van der Waals surface area (Å²) >= 11 is 1.98. The molecule has 49 heavy (non-hydrogen) atoms. The fourth-order valence-electron chi connectivity index (χ4n) is 8.34. The number of hydrogen-bond acceptors (Lipinski definition) is 5. The summed E-state index contributed by atoms with van der Waals surface area (Å²) in [5.41, 5.74) is 9.48. The van der Waals surface area contributed by atoms with Crippen LogP contribution in [0.5, 0.6) is 11.5 Å². The van der Waals surface area contributed by atoms with Gasteiger partial charge in [-0.1, -0.05) is 61.6 Å². The number of nitrogens with zero attached hydrogens (tertiary/aromatic N) is 1. The van der Waals surface area contributed by atoms with Crippen molar-refractivity contribution in [1.82, 2.24) is 0 Å². The molecule has 4 nitrogen and oxygen atoms in total. The maximum Gasteiger partial charge on any atom is 0.494 e. The molecule has 0 spiro atoms. The average molecular weight is 666 g/mol. The molecule has 6 aliphatic rings. The largest absolute Gasteiger partial charge is 0.494 e. The van der Waals surface area contributed by atoms with Crippen molar-refractivity contribution in [2.45, 2.75) is 90.3 Å². The SMILES string of the molecule is C[C@@H]1C(C2=c3sc4c(c3=CCC2)CCC=C4)=CC(B2OC(C)(C)C(C)(C)O2)=CC1c1ccc2c(c1)Oc1ccccc1N2C1=CC=CCC1. The van der Waals surface area contributed by atoms with Crippen LogP contribution in [0.4, 0.5) is 11.4 Å². The van der Waals surface area contributed by atoms with Crippen LogP contribution in [0.25, 0.3) is 17.7 Å². The number of allylic oxidation sites excluding steroid dienone is 9. The van der Waals surface area contributed by atoms with Gasteiger partial charge in [0.1, 0.15) is 0 Å². The first-order valence-corrected chi connectivity index (χ1v) is 18.9. The Kier molecular flexibility index (Phi) is 7.39. The van der Waals surface area contributed by atoms with E-state index in [4.69, 9.17) is 14.0 Å². The first-order valence-electron chi connectivity index (χ1n) is 18.1. The lowest BCUT2D eigenvalue weighted by atomic mass is 9.66. The third-order valence-electron chi connectivity index (χ3n) is 11.7. The molecule has 1 saturated heterocycles. The van der Waals surface area contributed by atoms with Crippen LogP contribution in [0.15, 0.2) is 95.7 Å². The van der Waals surface area contributed by atoms with Gasteiger partial charge in [-0.2, -0.15) is 0 Å². The Balaban J connectivity index is 1.17. The lowest BCUT2D eigenvalue weighted by molar-refractivity contribution is 0.00578.